The Morgan fingerprint density at radius 3 is 2.36 bits per heavy atom. The first-order chi connectivity index (χ1) is 16.8. The van der Waals surface area contributed by atoms with Gasteiger partial charge in [0.15, 0.2) is 0 Å². The number of carbonyl (C=O) groups excluding carboxylic acids is 3. The molecule has 1 aromatic rings. The number of amides is 4. The predicted molar refractivity (Wildman–Crippen MR) is 124 cm³/mol. The van der Waals surface area contributed by atoms with Crippen LogP contribution in [0.5, 0.6) is 0 Å². The highest BCUT2D eigenvalue weighted by molar-refractivity contribution is 5.96. The van der Waals surface area contributed by atoms with E-state index in [1.165, 1.54) is 12.3 Å². The summed E-state index contributed by atoms with van der Waals surface area (Å²) in [7, 11) is 0. The normalized spacial score (nSPS) is 21.2. The van der Waals surface area contributed by atoms with Crippen molar-refractivity contribution in [1.82, 2.24) is 20.5 Å². The smallest absolute Gasteiger partial charge is 0.410 e. The molecule has 9 nitrogen and oxygen atoms in total. The molecular formula is C24H32F3N5O4. The second-order valence-corrected chi connectivity index (χ2v) is 10.8. The molecule has 2 atom stereocenters. The Morgan fingerprint density at radius 2 is 1.83 bits per heavy atom. The quantitative estimate of drug-likeness (QED) is 0.492. The summed E-state index contributed by atoms with van der Waals surface area (Å²) in [5.74, 6) is 0.472. The van der Waals surface area contributed by atoms with Crippen molar-refractivity contribution in [2.75, 3.05) is 11.9 Å². The van der Waals surface area contributed by atoms with Gasteiger partial charge in [0.05, 0.1) is 6.54 Å². The molecule has 1 saturated heterocycles. The highest BCUT2D eigenvalue weighted by atomic mass is 19.4. The third kappa shape index (κ3) is 6.79. The highest BCUT2D eigenvalue weighted by Gasteiger charge is 2.49. The Bertz CT molecular complexity index is 992. The zero-order valence-electron chi connectivity index (χ0n) is 20.5. The van der Waals surface area contributed by atoms with Crippen molar-refractivity contribution in [3.63, 3.8) is 0 Å². The molecule has 4 amide bonds. The second-order valence-electron chi connectivity index (χ2n) is 10.8. The summed E-state index contributed by atoms with van der Waals surface area (Å²) >= 11 is 0. The summed E-state index contributed by atoms with van der Waals surface area (Å²) in [5.41, 5.74) is -0.210. The molecule has 2 aliphatic carbocycles. The molecule has 198 valence electrons. The maximum absolute atomic E-state index is 13.4. The van der Waals surface area contributed by atoms with E-state index in [-0.39, 0.29) is 18.3 Å². The lowest BCUT2D eigenvalue weighted by Crippen LogP contribution is -2.51. The molecule has 2 saturated carbocycles. The number of urea groups is 1. The average Bonchev–Trinajstić information content (AvgIpc) is 3.67. The number of hydrogen-bond acceptors (Lipinski definition) is 5. The number of nitrogens with zero attached hydrogens (tertiary/aromatic N) is 2. The monoisotopic (exact) mass is 511 g/mol. The number of carbonyl (C=O) groups is 3. The summed E-state index contributed by atoms with van der Waals surface area (Å²) < 4.78 is 44.3. The molecule has 0 unspecified atom stereocenters. The molecule has 3 N–H and O–H groups in total. The molecule has 12 heteroatoms. The largest absolute Gasteiger partial charge is 0.444 e. The fraction of sp³-hybridized carbons (Fsp3) is 0.667. The van der Waals surface area contributed by atoms with Crippen molar-refractivity contribution in [2.45, 2.75) is 76.9 Å². The van der Waals surface area contributed by atoms with Gasteiger partial charge in [-0.15, -0.1) is 0 Å². The van der Waals surface area contributed by atoms with Crippen molar-refractivity contribution in [3.8, 4) is 0 Å². The minimum atomic E-state index is -4.53. The van der Waals surface area contributed by atoms with Gasteiger partial charge >= 0.3 is 18.3 Å². The maximum Gasteiger partial charge on any atom is 0.410 e. The number of rotatable bonds is 8. The molecule has 0 radical (unpaired) electrons. The van der Waals surface area contributed by atoms with Gasteiger partial charge in [-0.1, -0.05) is 0 Å². The van der Waals surface area contributed by atoms with Gasteiger partial charge in [0.1, 0.15) is 23.5 Å². The van der Waals surface area contributed by atoms with Gasteiger partial charge in [-0.2, -0.15) is 13.2 Å². The Kier molecular flexibility index (Phi) is 7.07. The van der Waals surface area contributed by atoms with Crippen LogP contribution in [0.1, 0.15) is 52.0 Å². The summed E-state index contributed by atoms with van der Waals surface area (Å²) in [6.07, 6.45) is 0.233. The van der Waals surface area contributed by atoms with Gasteiger partial charge in [0, 0.05) is 12.7 Å². The van der Waals surface area contributed by atoms with E-state index < -0.39 is 48.4 Å². The minimum absolute atomic E-state index is 0.00620. The average molecular weight is 512 g/mol. The van der Waals surface area contributed by atoms with Crippen molar-refractivity contribution in [1.29, 1.82) is 0 Å². The van der Waals surface area contributed by atoms with E-state index in [0.717, 1.165) is 30.6 Å². The van der Waals surface area contributed by atoms with E-state index in [1.807, 2.05) is 5.32 Å². The van der Waals surface area contributed by atoms with Crippen LogP contribution in [-0.2, 0) is 16.1 Å². The predicted octanol–water partition coefficient (Wildman–Crippen LogP) is 3.81. The fourth-order valence-corrected chi connectivity index (χ4v) is 4.64. The van der Waals surface area contributed by atoms with Crippen LogP contribution >= 0.6 is 0 Å². The fourth-order valence-electron chi connectivity index (χ4n) is 4.64. The number of alkyl halides is 3. The standard InChI is InChI=1S/C24H32F3N5O4/c1-23(2,3)36-22(35)31-19(18(14-4-5-14)15-6-7-15)20(33)30-17-10-13(8-9-28-17)11-32-12-16(24(25,26)27)29-21(32)34/h8-10,14-16,18-19H,4-7,11-12H2,1-3H3,(H,29,34)(H,31,35)(H,28,30,33)/t16-,19-/m0/s1. The molecule has 0 aromatic carbocycles. The molecule has 3 fully saturated rings. The zero-order valence-corrected chi connectivity index (χ0v) is 20.5. The molecular weight excluding hydrogens is 479 g/mol. The first-order valence-corrected chi connectivity index (χ1v) is 12.2. The number of aromatic nitrogens is 1. The van der Waals surface area contributed by atoms with E-state index in [9.17, 15) is 27.6 Å². The lowest BCUT2D eigenvalue weighted by Gasteiger charge is -2.29. The number of anilines is 1. The topological polar surface area (TPSA) is 113 Å². The molecule has 1 aromatic heterocycles. The first kappa shape index (κ1) is 26.0. The molecule has 0 spiro atoms. The summed E-state index contributed by atoms with van der Waals surface area (Å²) in [6, 6.07) is -0.454. The number of halogens is 3. The summed E-state index contributed by atoms with van der Waals surface area (Å²) in [4.78, 5) is 43.1. The van der Waals surface area contributed by atoms with Gasteiger partial charge in [-0.05, 0) is 81.9 Å². The number of nitrogens with one attached hydrogen (secondary N) is 3. The van der Waals surface area contributed by atoms with Crippen molar-refractivity contribution >= 4 is 23.8 Å². The van der Waals surface area contributed by atoms with Crippen molar-refractivity contribution in [2.24, 2.45) is 17.8 Å². The van der Waals surface area contributed by atoms with E-state index in [4.69, 9.17) is 4.74 Å². The van der Waals surface area contributed by atoms with Gasteiger partial charge in [-0.3, -0.25) is 4.79 Å². The van der Waals surface area contributed by atoms with Crippen LogP contribution in [0.3, 0.4) is 0 Å². The van der Waals surface area contributed by atoms with Crippen LogP contribution in [0.4, 0.5) is 28.6 Å². The van der Waals surface area contributed by atoms with Crippen LogP contribution in [0.15, 0.2) is 18.3 Å². The van der Waals surface area contributed by atoms with E-state index in [0.29, 0.717) is 17.4 Å². The maximum atomic E-state index is 13.4. The van der Waals surface area contributed by atoms with Crippen LogP contribution < -0.4 is 16.0 Å². The Hall–Kier alpha value is -3.05. The third-order valence-corrected chi connectivity index (χ3v) is 6.50. The SMILES string of the molecule is CC(C)(C)OC(=O)N[C@H](C(=O)Nc1cc(CN2C[C@@H](C(F)(F)F)NC2=O)ccn1)C(C1CC1)C1CC1. The number of alkyl carbamates (subject to hydrolysis) is 1. The lowest BCUT2D eigenvalue weighted by molar-refractivity contribution is -0.149. The van der Waals surface area contributed by atoms with Crippen LogP contribution in [-0.4, -0.2) is 58.3 Å². The molecule has 0 bridgehead atoms. The van der Waals surface area contributed by atoms with Crippen molar-refractivity contribution < 1.29 is 32.3 Å². The van der Waals surface area contributed by atoms with E-state index >= 15 is 0 Å². The van der Waals surface area contributed by atoms with E-state index in [1.54, 1.807) is 26.8 Å². The summed E-state index contributed by atoms with van der Waals surface area (Å²) in [6.45, 7) is 4.66. The van der Waals surface area contributed by atoms with E-state index in [2.05, 4.69) is 15.6 Å². The van der Waals surface area contributed by atoms with Crippen LogP contribution in [0.2, 0.25) is 0 Å². The van der Waals surface area contributed by atoms with Gasteiger partial charge in [0.2, 0.25) is 5.91 Å². The number of ether oxygens (including phenoxy) is 1. The van der Waals surface area contributed by atoms with Gasteiger partial charge in [-0.25, -0.2) is 14.6 Å². The molecule has 4 rings (SSSR count). The van der Waals surface area contributed by atoms with Crippen LogP contribution in [0.25, 0.3) is 0 Å². The minimum Gasteiger partial charge on any atom is -0.444 e. The second kappa shape index (κ2) is 9.78. The summed E-state index contributed by atoms with van der Waals surface area (Å²) in [5, 5.41) is 7.44. The van der Waals surface area contributed by atoms with Gasteiger partial charge < -0.3 is 25.6 Å². The third-order valence-electron chi connectivity index (χ3n) is 6.50. The Balaban J connectivity index is 1.44. The van der Waals surface area contributed by atoms with Gasteiger partial charge in [0.25, 0.3) is 0 Å². The number of pyridine rings is 1. The van der Waals surface area contributed by atoms with Crippen molar-refractivity contribution in [3.05, 3.63) is 23.9 Å². The Morgan fingerprint density at radius 1 is 1.19 bits per heavy atom. The highest BCUT2D eigenvalue weighted by Crippen LogP contribution is 2.50. The molecule has 36 heavy (non-hydrogen) atoms. The lowest BCUT2D eigenvalue weighted by atomic mass is 9.89. The van der Waals surface area contributed by atoms with Crippen LogP contribution in [0, 0.1) is 17.8 Å². The molecule has 3 aliphatic rings. The Labute approximate surface area is 207 Å². The number of hydrogen-bond donors (Lipinski definition) is 3. The first-order valence-electron chi connectivity index (χ1n) is 12.2. The zero-order chi connectivity index (χ0) is 26.3. The molecule has 1 aliphatic heterocycles. The molecule has 2 heterocycles.